The Morgan fingerprint density at radius 1 is 1.20 bits per heavy atom. The molecule has 0 unspecified atom stereocenters. The maximum atomic E-state index is 5.70. The largest absolute Gasteiger partial charge is 0.398 e. The summed E-state index contributed by atoms with van der Waals surface area (Å²) in [5.74, 6) is 0.762. The van der Waals surface area contributed by atoms with Crippen molar-refractivity contribution < 1.29 is 0 Å². The van der Waals surface area contributed by atoms with Crippen molar-refractivity contribution in [1.29, 1.82) is 0 Å². The normalized spacial score (nSPS) is 26.2. The number of rotatable bonds is 0. The second-order valence-corrected chi connectivity index (χ2v) is 2.78. The molecule has 0 radical (unpaired) electrons. The maximum Gasteiger partial charge on any atom is 0.134 e. The van der Waals surface area contributed by atoms with E-state index in [1.54, 1.807) is 0 Å². The van der Waals surface area contributed by atoms with Crippen LogP contribution in [-0.4, -0.2) is 29.7 Å². The molecule has 0 saturated carbocycles. The predicted molar refractivity (Wildman–Crippen MR) is 38.3 cm³/mol. The average Bonchev–Trinajstić information content (AvgIpc) is 2.41. The molecule has 1 saturated heterocycles. The summed E-state index contributed by atoms with van der Waals surface area (Å²) in [7, 11) is 0. The highest BCUT2D eigenvalue weighted by Gasteiger charge is 2.30. The van der Waals surface area contributed by atoms with Crippen LogP contribution in [0.2, 0.25) is 0 Å². The Balaban J connectivity index is 2.22. The SMILES string of the molecule is NC1=C(N)N2CCCN2C1. The molecule has 4 N–H and O–H groups in total. The van der Waals surface area contributed by atoms with Gasteiger partial charge in [-0.25, -0.2) is 5.01 Å². The van der Waals surface area contributed by atoms with Crippen LogP contribution in [0.15, 0.2) is 11.5 Å². The molecule has 0 aromatic carbocycles. The number of hydrogen-bond acceptors (Lipinski definition) is 4. The molecule has 4 nitrogen and oxygen atoms in total. The number of hydrazine groups is 1. The molecule has 0 aromatic rings. The molecule has 2 aliphatic heterocycles. The van der Waals surface area contributed by atoms with Gasteiger partial charge in [-0.2, -0.15) is 0 Å². The second kappa shape index (κ2) is 1.79. The second-order valence-electron chi connectivity index (χ2n) is 2.78. The van der Waals surface area contributed by atoms with Gasteiger partial charge in [0.2, 0.25) is 0 Å². The first-order chi connectivity index (χ1) is 4.79. The molecule has 0 aliphatic carbocycles. The Morgan fingerprint density at radius 3 is 2.70 bits per heavy atom. The minimum Gasteiger partial charge on any atom is -0.398 e. The van der Waals surface area contributed by atoms with Crippen LogP contribution >= 0.6 is 0 Å². The summed E-state index contributed by atoms with van der Waals surface area (Å²) >= 11 is 0. The van der Waals surface area contributed by atoms with E-state index in [4.69, 9.17) is 11.5 Å². The molecule has 56 valence electrons. The van der Waals surface area contributed by atoms with Gasteiger partial charge in [-0.3, -0.25) is 5.01 Å². The minimum atomic E-state index is 0.762. The molecule has 0 bridgehead atoms. The fourth-order valence-electron chi connectivity index (χ4n) is 1.55. The van der Waals surface area contributed by atoms with Gasteiger partial charge < -0.3 is 11.5 Å². The van der Waals surface area contributed by atoms with E-state index in [1.165, 1.54) is 6.42 Å². The Hall–Kier alpha value is -0.900. The van der Waals surface area contributed by atoms with Crippen LogP contribution in [-0.2, 0) is 0 Å². The molecule has 2 heterocycles. The van der Waals surface area contributed by atoms with Crippen molar-refractivity contribution in [3.8, 4) is 0 Å². The molecule has 1 fully saturated rings. The number of nitrogens with zero attached hydrogens (tertiary/aromatic N) is 2. The highest BCUT2D eigenvalue weighted by atomic mass is 15.7. The first-order valence-electron chi connectivity index (χ1n) is 3.55. The summed E-state index contributed by atoms with van der Waals surface area (Å²) in [6.07, 6.45) is 1.20. The van der Waals surface area contributed by atoms with Crippen LogP contribution in [0.1, 0.15) is 6.42 Å². The zero-order chi connectivity index (χ0) is 7.14. The zero-order valence-electron chi connectivity index (χ0n) is 5.88. The van der Waals surface area contributed by atoms with Gasteiger partial charge in [-0.05, 0) is 6.42 Å². The molecular formula is C6H12N4. The Bertz CT molecular complexity index is 186. The van der Waals surface area contributed by atoms with Gasteiger partial charge in [0.15, 0.2) is 0 Å². The summed E-state index contributed by atoms with van der Waals surface area (Å²) in [6.45, 7) is 2.96. The van der Waals surface area contributed by atoms with E-state index in [9.17, 15) is 0 Å². The van der Waals surface area contributed by atoms with Crippen LogP contribution in [0.25, 0.3) is 0 Å². The highest BCUT2D eigenvalue weighted by molar-refractivity contribution is 5.14. The van der Waals surface area contributed by atoms with E-state index < -0.39 is 0 Å². The third-order valence-electron chi connectivity index (χ3n) is 2.09. The standard InChI is InChI=1S/C6H12N4/c7-5-4-9-2-1-3-10(9)6(5)8/h1-4,7-8H2. The molecular weight excluding hydrogens is 128 g/mol. The highest BCUT2D eigenvalue weighted by Crippen LogP contribution is 2.21. The molecule has 0 aromatic heterocycles. The summed E-state index contributed by atoms with van der Waals surface area (Å²) in [6, 6.07) is 0. The molecule has 4 heteroatoms. The fraction of sp³-hybridized carbons (Fsp3) is 0.667. The fourth-order valence-corrected chi connectivity index (χ4v) is 1.55. The summed E-state index contributed by atoms with van der Waals surface area (Å²) < 4.78 is 0. The Labute approximate surface area is 60.0 Å². The van der Waals surface area contributed by atoms with E-state index >= 15 is 0 Å². The smallest absolute Gasteiger partial charge is 0.134 e. The molecule has 0 atom stereocenters. The first kappa shape index (κ1) is 5.85. The minimum absolute atomic E-state index is 0.762. The van der Waals surface area contributed by atoms with Crippen LogP contribution < -0.4 is 11.5 Å². The van der Waals surface area contributed by atoms with E-state index in [0.717, 1.165) is 31.2 Å². The lowest BCUT2D eigenvalue weighted by Crippen LogP contribution is -2.32. The third-order valence-corrected chi connectivity index (χ3v) is 2.09. The van der Waals surface area contributed by atoms with Crippen molar-refractivity contribution in [2.75, 3.05) is 19.6 Å². The average molecular weight is 140 g/mol. The van der Waals surface area contributed by atoms with Gasteiger partial charge >= 0.3 is 0 Å². The molecule has 2 aliphatic rings. The van der Waals surface area contributed by atoms with Crippen LogP contribution in [0, 0.1) is 0 Å². The molecule has 2 rings (SSSR count). The van der Waals surface area contributed by atoms with Gasteiger partial charge in [-0.15, -0.1) is 0 Å². The van der Waals surface area contributed by atoms with Crippen molar-refractivity contribution in [2.24, 2.45) is 11.5 Å². The predicted octanol–water partition coefficient (Wildman–Crippen LogP) is -0.991. The third kappa shape index (κ3) is 0.593. The van der Waals surface area contributed by atoms with E-state index in [-0.39, 0.29) is 0 Å². The number of hydrogen-bond donors (Lipinski definition) is 2. The van der Waals surface area contributed by atoms with Gasteiger partial charge in [-0.1, -0.05) is 0 Å². The van der Waals surface area contributed by atoms with Crippen molar-refractivity contribution in [3.63, 3.8) is 0 Å². The van der Waals surface area contributed by atoms with E-state index in [2.05, 4.69) is 10.0 Å². The van der Waals surface area contributed by atoms with Crippen molar-refractivity contribution in [3.05, 3.63) is 11.5 Å². The van der Waals surface area contributed by atoms with Gasteiger partial charge in [0, 0.05) is 13.1 Å². The van der Waals surface area contributed by atoms with Crippen LogP contribution in [0.4, 0.5) is 0 Å². The summed E-state index contributed by atoms with van der Waals surface area (Å²) in [5, 5.41) is 4.25. The van der Waals surface area contributed by atoms with Crippen LogP contribution in [0.3, 0.4) is 0 Å². The van der Waals surface area contributed by atoms with Gasteiger partial charge in [0.1, 0.15) is 5.82 Å². The Kier molecular flexibility index (Phi) is 1.05. The lowest BCUT2D eigenvalue weighted by atomic mass is 10.4. The maximum absolute atomic E-state index is 5.70. The van der Waals surface area contributed by atoms with E-state index in [1.807, 2.05) is 0 Å². The van der Waals surface area contributed by atoms with Crippen molar-refractivity contribution >= 4 is 0 Å². The van der Waals surface area contributed by atoms with Gasteiger partial charge in [0.05, 0.1) is 12.2 Å². The molecule has 10 heavy (non-hydrogen) atoms. The van der Waals surface area contributed by atoms with Crippen molar-refractivity contribution in [1.82, 2.24) is 10.0 Å². The number of fused-ring (bicyclic) bond motifs is 1. The molecule has 0 amide bonds. The number of nitrogens with two attached hydrogens (primary N) is 2. The van der Waals surface area contributed by atoms with E-state index in [0.29, 0.717) is 0 Å². The van der Waals surface area contributed by atoms with Gasteiger partial charge in [0.25, 0.3) is 0 Å². The lowest BCUT2D eigenvalue weighted by molar-refractivity contribution is 0.101. The Morgan fingerprint density at radius 2 is 2.00 bits per heavy atom. The lowest BCUT2D eigenvalue weighted by Gasteiger charge is -2.20. The topological polar surface area (TPSA) is 58.5 Å². The van der Waals surface area contributed by atoms with Crippen molar-refractivity contribution in [2.45, 2.75) is 6.42 Å². The summed E-state index contributed by atoms with van der Waals surface area (Å²) in [5.41, 5.74) is 12.2. The summed E-state index contributed by atoms with van der Waals surface area (Å²) in [4.78, 5) is 0. The quantitative estimate of drug-likeness (QED) is 0.453. The van der Waals surface area contributed by atoms with Crippen LogP contribution in [0.5, 0.6) is 0 Å². The zero-order valence-corrected chi connectivity index (χ0v) is 5.88. The molecule has 0 spiro atoms. The first-order valence-corrected chi connectivity index (χ1v) is 3.55. The monoisotopic (exact) mass is 140 g/mol.